The summed E-state index contributed by atoms with van der Waals surface area (Å²) in [5, 5.41) is 2.95. The minimum absolute atomic E-state index is 0.0642. The van der Waals surface area contributed by atoms with Gasteiger partial charge in [0.15, 0.2) is 0 Å². The fraction of sp³-hybridized carbons (Fsp3) is 0.615. The fourth-order valence-corrected chi connectivity index (χ4v) is 1.41. The minimum Gasteiger partial charge on any atom is -0.465 e. The van der Waals surface area contributed by atoms with Crippen LogP contribution >= 0.6 is 0 Å². The highest BCUT2D eigenvalue weighted by atomic mass is 16.5. The first kappa shape index (κ1) is 15.2. The van der Waals surface area contributed by atoms with Crippen LogP contribution in [-0.2, 0) is 14.9 Å². The molecule has 0 spiro atoms. The number of hydrogen-bond acceptors (Lipinski definition) is 6. The highest BCUT2D eigenvalue weighted by molar-refractivity contribution is 5.75. The Hall–Kier alpha value is -1.85. The molecule has 0 aliphatic carbocycles. The minimum atomic E-state index is -0.323. The lowest BCUT2D eigenvalue weighted by Crippen LogP contribution is -2.22. The summed E-state index contributed by atoms with van der Waals surface area (Å²) < 4.78 is 4.86. The molecule has 0 bridgehead atoms. The number of carbonyl (C=O) groups excluding carboxylic acids is 1. The Labute approximate surface area is 113 Å². The van der Waals surface area contributed by atoms with E-state index in [0.717, 1.165) is 5.56 Å². The Bertz CT molecular complexity index is 466. The predicted octanol–water partition coefficient (Wildman–Crippen LogP) is 1.64. The summed E-state index contributed by atoms with van der Waals surface area (Å²) in [7, 11) is 0. The summed E-state index contributed by atoms with van der Waals surface area (Å²) in [5.74, 6) is 1.31. The molecule has 1 rings (SSSR count). The van der Waals surface area contributed by atoms with Crippen LogP contribution in [0.4, 0.5) is 11.6 Å². The molecule has 0 aliphatic rings. The van der Waals surface area contributed by atoms with Gasteiger partial charge in [0.1, 0.15) is 24.0 Å². The SMILES string of the molecule is CCOC(=O)CNc1nc(C(C)(C)C)nc(N)c1C. The Morgan fingerprint density at radius 2 is 2.00 bits per heavy atom. The molecular formula is C13H22N4O2. The van der Waals surface area contributed by atoms with Gasteiger partial charge in [0.2, 0.25) is 0 Å². The third-order valence-electron chi connectivity index (χ3n) is 2.56. The molecule has 0 amide bonds. The second-order valence-electron chi connectivity index (χ2n) is 5.31. The molecule has 0 aliphatic heterocycles. The number of nitrogens with two attached hydrogens (primary N) is 1. The molecule has 0 saturated carbocycles. The van der Waals surface area contributed by atoms with Gasteiger partial charge in [-0.1, -0.05) is 20.8 Å². The molecule has 6 heteroatoms. The number of rotatable bonds is 4. The molecule has 19 heavy (non-hydrogen) atoms. The molecular weight excluding hydrogens is 244 g/mol. The van der Waals surface area contributed by atoms with Gasteiger partial charge in [-0.3, -0.25) is 4.79 Å². The van der Waals surface area contributed by atoms with E-state index < -0.39 is 0 Å². The van der Waals surface area contributed by atoms with Crippen molar-refractivity contribution in [3.63, 3.8) is 0 Å². The molecule has 106 valence electrons. The van der Waals surface area contributed by atoms with E-state index in [2.05, 4.69) is 15.3 Å². The third kappa shape index (κ3) is 4.08. The van der Waals surface area contributed by atoms with Crippen molar-refractivity contribution in [2.75, 3.05) is 24.2 Å². The van der Waals surface area contributed by atoms with Crippen molar-refractivity contribution in [1.29, 1.82) is 0 Å². The Balaban J connectivity index is 2.94. The van der Waals surface area contributed by atoms with Gasteiger partial charge in [0.05, 0.1) is 6.61 Å². The maximum absolute atomic E-state index is 11.3. The Morgan fingerprint density at radius 1 is 1.37 bits per heavy atom. The highest BCUT2D eigenvalue weighted by Gasteiger charge is 2.20. The summed E-state index contributed by atoms with van der Waals surface area (Å²) in [4.78, 5) is 20.0. The number of nitrogens with zero attached hydrogens (tertiary/aromatic N) is 2. The Morgan fingerprint density at radius 3 is 2.53 bits per heavy atom. The molecule has 0 atom stereocenters. The number of carbonyl (C=O) groups is 1. The van der Waals surface area contributed by atoms with Crippen LogP contribution in [0.5, 0.6) is 0 Å². The zero-order chi connectivity index (χ0) is 14.6. The van der Waals surface area contributed by atoms with Crippen LogP contribution in [-0.4, -0.2) is 29.1 Å². The first-order valence-corrected chi connectivity index (χ1v) is 6.29. The largest absolute Gasteiger partial charge is 0.465 e. The van der Waals surface area contributed by atoms with E-state index >= 15 is 0 Å². The summed E-state index contributed by atoms with van der Waals surface area (Å²) in [6.45, 7) is 10.0. The summed E-state index contributed by atoms with van der Waals surface area (Å²) >= 11 is 0. The monoisotopic (exact) mass is 266 g/mol. The second kappa shape index (κ2) is 5.86. The Kier molecular flexibility index (Phi) is 4.69. The average molecular weight is 266 g/mol. The smallest absolute Gasteiger partial charge is 0.325 e. The lowest BCUT2D eigenvalue weighted by Gasteiger charge is -2.19. The van der Waals surface area contributed by atoms with Gasteiger partial charge in [0.25, 0.3) is 0 Å². The van der Waals surface area contributed by atoms with E-state index in [9.17, 15) is 4.79 Å². The normalized spacial score (nSPS) is 11.2. The molecule has 0 radical (unpaired) electrons. The number of anilines is 2. The van der Waals surface area contributed by atoms with Crippen molar-refractivity contribution in [3.8, 4) is 0 Å². The van der Waals surface area contributed by atoms with Gasteiger partial charge in [-0.25, -0.2) is 9.97 Å². The molecule has 1 aromatic heterocycles. The van der Waals surface area contributed by atoms with Crippen molar-refractivity contribution < 1.29 is 9.53 Å². The lowest BCUT2D eigenvalue weighted by atomic mass is 9.95. The number of aromatic nitrogens is 2. The van der Waals surface area contributed by atoms with Gasteiger partial charge < -0.3 is 15.8 Å². The summed E-state index contributed by atoms with van der Waals surface area (Å²) in [5.41, 5.74) is 6.40. The second-order valence-corrected chi connectivity index (χ2v) is 5.31. The maximum Gasteiger partial charge on any atom is 0.325 e. The van der Waals surface area contributed by atoms with Crippen LogP contribution in [0.25, 0.3) is 0 Å². The molecule has 0 unspecified atom stereocenters. The first-order valence-electron chi connectivity index (χ1n) is 6.29. The number of nitrogens with one attached hydrogen (secondary N) is 1. The van der Waals surface area contributed by atoms with Gasteiger partial charge >= 0.3 is 5.97 Å². The van der Waals surface area contributed by atoms with Gasteiger partial charge in [0, 0.05) is 11.0 Å². The molecule has 1 aromatic rings. The van der Waals surface area contributed by atoms with Crippen LogP contribution in [0.2, 0.25) is 0 Å². The van der Waals surface area contributed by atoms with Crippen LogP contribution in [0, 0.1) is 6.92 Å². The maximum atomic E-state index is 11.3. The van der Waals surface area contributed by atoms with Crippen molar-refractivity contribution in [3.05, 3.63) is 11.4 Å². The molecule has 1 heterocycles. The van der Waals surface area contributed by atoms with E-state index in [0.29, 0.717) is 24.1 Å². The fourth-order valence-electron chi connectivity index (χ4n) is 1.41. The topological polar surface area (TPSA) is 90.1 Å². The van der Waals surface area contributed by atoms with E-state index in [1.807, 2.05) is 27.7 Å². The van der Waals surface area contributed by atoms with Crippen LogP contribution in [0.15, 0.2) is 0 Å². The van der Waals surface area contributed by atoms with E-state index in [4.69, 9.17) is 10.5 Å². The average Bonchev–Trinajstić information content (AvgIpc) is 2.30. The number of hydrogen-bond donors (Lipinski definition) is 2. The standard InChI is InChI=1S/C13H22N4O2/c1-6-19-9(18)7-15-11-8(2)10(14)16-12(17-11)13(3,4)5/h6-7H2,1-5H3,(H3,14,15,16,17). The number of esters is 1. The van der Waals surface area contributed by atoms with Gasteiger partial charge in [-0.15, -0.1) is 0 Å². The quantitative estimate of drug-likeness (QED) is 0.805. The third-order valence-corrected chi connectivity index (χ3v) is 2.56. The first-order chi connectivity index (χ1) is 8.75. The van der Waals surface area contributed by atoms with Gasteiger partial charge in [-0.05, 0) is 13.8 Å². The van der Waals surface area contributed by atoms with Crippen molar-refractivity contribution >= 4 is 17.6 Å². The molecule has 0 fully saturated rings. The van der Waals surface area contributed by atoms with Crippen LogP contribution in [0.3, 0.4) is 0 Å². The van der Waals surface area contributed by atoms with E-state index in [-0.39, 0.29) is 17.9 Å². The van der Waals surface area contributed by atoms with Crippen molar-refractivity contribution in [2.24, 2.45) is 0 Å². The zero-order valence-electron chi connectivity index (χ0n) is 12.2. The molecule has 0 saturated heterocycles. The van der Waals surface area contributed by atoms with Crippen molar-refractivity contribution in [1.82, 2.24) is 9.97 Å². The van der Waals surface area contributed by atoms with E-state index in [1.165, 1.54) is 0 Å². The van der Waals surface area contributed by atoms with Crippen LogP contribution < -0.4 is 11.1 Å². The van der Waals surface area contributed by atoms with Crippen LogP contribution in [0.1, 0.15) is 39.1 Å². The molecule has 6 nitrogen and oxygen atoms in total. The zero-order valence-corrected chi connectivity index (χ0v) is 12.2. The summed E-state index contributed by atoms with van der Waals surface area (Å²) in [6, 6.07) is 0. The highest BCUT2D eigenvalue weighted by Crippen LogP contribution is 2.24. The summed E-state index contributed by atoms with van der Waals surface area (Å²) in [6.07, 6.45) is 0. The molecule has 3 N–H and O–H groups in total. The number of nitrogen functional groups attached to an aromatic ring is 1. The van der Waals surface area contributed by atoms with E-state index in [1.54, 1.807) is 6.92 Å². The lowest BCUT2D eigenvalue weighted by molar-refractivity contribution is -0.140. The van der Waals surface area contributed by atoms with Gasteiger partial charge in [-0.2, -0.15) is 0 Å². The predicted molar refractivity (Wildman–Crippen MR) is 75.0 cm³/mol. The molecule has 0 aromatic carbocycles. The number of ether oxygens (including phenoxy) is 1. The van der Waals surface area contributed by atoms with Crippen molar-refractivity contribution in [2.45, 2.75) is 40.0 Å².